The third-order valence-electron chi connectivity index (χ3n) is 3.47. The average Bonchev–Trinajstić information content (AvgIpc) is 2.88. The van der Waals surface area contributed by atoms with Gasteiger partial charge < -0.3 is 9.73 Å². The fourth-order valence-electron chi connectivity index (χ4n) is 2.43. The summed E-state index contributed by atoms with van der Waals surface area (Å²) in [5.41, 5.74) is 0. The number of hydrogen-bond acceptors (Lipinski definition) is 5. The van der Waals surface area contributed by atoms with Crippen LogP contribution in [0.25, 0.3) is 0 Å². The normalized spacial score (nSPS) is 18.4. The molecule has 6 nitrogen and oxygen atoms in total. The Labute approximate surface area is 120 Å². The van der Waals surface area contributed by atoms with Crippen molar-refractivity contribution in [3.8, 4) is 0 Å². The Kier molecular flexibility index (Phi) is 5.59. The predicted octanol–water partition coefficient (Wildman–Crippen LogP) is 0.383. The molecular weight excluding hydrogens is 278 g/mol. The number of nitrogens with zero attached hydrogens (tertiary/aromatic N) is 1. The van der Waals surface area contributed by atoms with Crippen molar-refractivity contribution < 1.29 is 12.8 Å². The maximum Gasteiger partial charge on any atom is 0.208 e. The van der Waals surface area contributed by atoms with Gasteiger partial charge in [0.2, 0.25) is 10.0 Å². The molecular formula is C13H23N3O3S. The summed E-state index contributed by atoms with van der Waals surface area (Å²) in [6, 6.07) is 4.39. The quantitative estimate of drug-likeness (QED) is 0.712. The van der Waals surface area contributed by atoms with Crippen LogP contribution in [-0.4, -0.2) is 51.8 Å². The highest BCUT2D eigenvalue weighted by atomic mass is 32.2. The molecule has 0 spiro atoms. The fraction of sp³-hybridized carbons (Fsp3) is 0.692. The second-order valence-electron chi connectivity index (χ2n) is 5.25. The van der Waals surface area contributed by atoms with E-state index in [4.69, 9.17) is 4.42 Å². The lowest BCUT2D eigenvalue weighted by atomic mass is 10.1. The molecule has 0 unspecified atom stereocenters. The Morgan fingerprint density at radius 2 is 2.10 bits per heavy atom. The minimum absolute atomic E-state index is 0.450. The maximum absolute atomic E-state index is 10.9. The zero-order valence-corrected chi connectivity index (χ0v) is 12.7. The van der Waals surface area contributed by atoms with Crippen molar-refractivity contribution in [2.75, 3.05) is 32.4 Å². The molecule has 2 rings (SSSR count). The van der Waals surface area contributed by atoms with Gasteiger partial charge in [-0.1, -0.05) is 0 Å². The largest absolute Gasteiger partial charge is 0.468 e. The van der Waals surface area contributed by atoms with E-state index in [0.717, 1.165) is 38.2 Å². The fourth-order valence-corrected chi connectivity index (χ4v) is 2.90. The van der Waals surface area contributed by atoms with Crippen molar-refractivity contribution in [3.63, 3.8) is 0 Å². The van der Waals surface area contributed by atoms with Crippen LogP contribution in [0.3, 0.4) is 0 Å². The summed E-state index contributed by atoms with van der Waals surface area (Å²) in [6.45, 7) is 4.08. The van der Waals surface area contributed by atoms with Crippen LogP contribution in [0.2, 0.25) is 0 Å². The average molecular weight is 301 g/mol. The minimum atomic E-state index is -3.07. The lowest BCUT2D eigenvalue weighted by Gasteiger charge is -2.31. The highest BCUT2D eigenvalue weighted by Crippen LogP contribution is 2.13. The van der Waals surface area contributed by atoms with Crippen molar-refractivity contribution in [1.29, 1.82) is 0 Å². The lowest BCUT2D eigenvalue weighted by Crippen LogP contribution is -2.44. The molecule has 1 aromatic heterocycles. The summed E-state index contributed by atoms with van der Waals surface area (Å²) < 4.78 is 29.7. The number of furan rings is 1. The Morgan fingerprint density at radius 3 is 2.70 bits per heavy atom. The molecule has 0 amide bonds. The second kappa shape index (κ2) is 7.21. The van der Waals surface area contributed by atoms with Gasteiger partial charge in [0.05, 0.1) is 19.1 Å². The third kappa shape index (κ3) is 5.62. The van der Waals surface area contributed by atoms with Crippen LogP contribution in [0.5, 0.6) is 0 Å². The van der Waals surface area contributed by atoms with E-state index >= 15 is 0 Å². The summed E-state index contributed by atoms with van der Waals surface area (Å²) in [5.74, 6) is 1.01. The van der Waals surface area contributed by atoms with Crippen molar-refractivity contribution in [2.45, 2.75) is 25.4 Å². The van der Waals surface area contributed by atoms with Crippen LogP contribution >= 0.6 is 0 Å². The van der Waals surface area contributed by atoms with Gasteiger partial charge in [0.25, 0.3) is 0 Å². The number of nitrogens with one attached hydrogen (secondary N) is 2. The van der Waals surface area contributed by atoms with E-state index in [-0.39, 0.29) is 0 Å². The molecule has 20 heavy (non-hydrogen) atoms. The molecule has 2 heterocycles. The Balaban J connectivity index is 1.59. The van der Waals surface area contributed by atoms with Gasteiger partial charge in [0.15, 0.2) is 0 Å². The molecule has 1 fully saturated rings. The van der Waals surface area contributed by atoms with E-state index in [2.05, 4.69) is 14.9 Å². The van der Waals surface area contributed by atoms with Gasteiger partial charge in [-0.2, -0.15) is 0 Å². The molecule has 1 aliphatic rings. The predicted molar refractivity (Wildman–Crippen MR) is 77.9 cm³/mol. The van der Waals surface area contributed by atoms with Crippen LogP contribution in [0.4, 0.5) is 0 Å². The Bertz CT molecular complexity index is 479. The second-order valence-corrected chi connectivity index (χ2v) is 7.08. The molecule has 0 radical (unpaired) electrons. The number of rotatable bonds is 7. The molecule has 1 saturated heterocycles. The van der Waals surface area contributed by atoms with Crippen molar-refractivity contribution >= 4 is 10.0 Å². The van der Waals surface area contributed by atoms with E-state index < -0.39 is 10.0 Å². The molecule has 0 atom stereocenters. The molecule has 0 saturated carbocycles. The SMILES string of the molecule is CS(=O)(=O)NCCNC1CCN(Cc2ccco2)CC1. The number of hydrogen-bond donors (Lipinski definition) is 2. The Hall–Kier alpha value is -0.890. The first-order valence-electron chi connectivity index (χ1n) is 6.96. The van der Waals surface area contributed by atoms with E-state index in [0.29, 0.717) is 19.1 Å². The molecule has 2 N–H and O–H groups in total. The van der Waals surface area contributed by atoms with Gasteiger partial charge in [0, 0.05) is 32.2 Å². The zero-order chi connectivity index (χ0) is 14.4. The summed E-state index contributed by atoms with van der Waals surface area (Å²) in [4.78, 5) is 2.38. The maximum atomic E-state index is 10.9. The van der Waals surface area contributed by atoms with Gasteiger partial charge in [-0.15, -0.1) is 0 Å². The molecule has 0 aromatic carbocycles. The smallest absolute Gasteiger partial charge is 0.208 e. The highest BCUT2D eigenvalue weighted by Gasteiger charge is 2.19. The van der Waals surface area contributed by atoms with E-state index in [9.17, 15) is 8.42 Å². The third-order valence-corrected chi connectivity index (χ3v) is 4.20. The summed E-state index contributed by atoms with van der Waals surface area (Å²) in [6.07, 6.45) is 5.05. The standard InChI is InChI=1S/C13H23N3O3S/c1-20(17,18)15-7-6-14-12-4-8-16(9-5-12)11-13-3-2-10-19-13/h2-3,10,12,14-15H,4-9,11H2,1H3. The van der Waals surface area contributed by atoms with Gasteiger partial charge in [0.1, 0.15) is 5.76 Å². The van der Waals surface area contributed by atoms with Crippen LogP contribution in [0.15, 0.2) is 22.8 Å². The molecule has 7 heteroatoms. The van der Waals surface area contributed by atoms with E-state index in [1.54, 1.807) is 6.26 Å². The lowest BCUT2D eigenvalue weighted by molar-refractivity contribution is 0.179. The number of piperidine rings is 1. The Morgan fingerprint density at radius 1 is 1.35 bits per heavy atom. The molecule has 0 bridgehead atoms. The molecule has 0 aliphatic carbocycles. The summed E-state index contributed by atoms with van der Waals surface area (Å²) >= 11 is 0. The van der Waals surface area contributed by atoms with Crippen LogP contribution in [-0.2, 0) is 16.6 Å². The van der Waals surface area contributed by atoms with Gasteiger partial charge in [-0.25, -0.2) is 13.1 Å². The zero-order valence-electron chi connectivity index (χ0n) is 11.8. The highest BCUT2D eigenvalue weighted by molar-refractivity contribution is 7.88. The summed E-state index contributed by atoms with van der Waals surface area (Å²) in [7, 11) is -3.07. The topological polar surface area (TPSA) is 74.6 Å². The van der Waals surface area contributed by atoms with Gasteiger partial charge in [-0.3, -0.25) is 4.90 Å². The van der Waals surface area contributed by atoms with Crippen LogP contribution in [0.1, 0.15) is 18.6 Å². The summed E-state index contributed by atoms with van der Waals surface area (Å²) in [5, 5.41) is 3.40. The first kappa shape index (κ1) is 15.5. The van der Waals surface area contributed by atoms with Crippen molar-refractivity contribution in [1.82, 2.24) is 14.9 Å². The van der Waals surface area contributed by atoms with E-state index in [1.807, 2.05) is 12.1 Å². The van der Waals surface area contributed by atoms with Crippen molar-refractivity contribution in [2.24, 2.45) is 0 Å². The minimum Gasteiger partial charge on any atom is -0.468 e. The monoisotopic (exact) mass is 301 g/mol. The van der Waals surface area contributed by atoms with Crippen LogP contribution < -0.4 is 10.0 Å². The first-order chi connectivity index (χ1) is 9.53. The molecule has 1 aliphatic heterocycles. The number of likely N-dealkylation sites (tertiary alicyclic amines) is 1. The number of sulfonamides is 1. The first-order valence-corrected chi connectivity index (χ1v) is 8.85. The molecule has 114 valence electrons. The van der Waals surface area contributed by atoms with Crippen molar-refractivity contribution in [3.05, 3.63) is 24.2 Å². The van der Waals surface area contributed by atoms with Crippen LogP contribution in [0, 0.1) is 0 Å². The van der Waals surface area contributed by atoms with Gasteiger partial charge in [-0.05, 0) is 25.0 Å². The van der Waals surface area contributed by atoms with E-state index in [1.165, 1.54) is 6.26 Å². The van der Waals surface area contributed by atoms with Gasteiger partial charge >= 0.3 is 0 Å². The molecule has 1 aromatic rings.